The molecule has 1 aromatic heterocycles. The minimum absolute atomic E-state index is 0.202. The maximum Gasteiger partial charge on any atom is 0.433 e. The zero-order valence-corrected chi connectivity index (χ0v) is 27.3. The molecule has 1 unspecified atom stereocenters. The second-order valence-electron chi connectivity index (χ2n) is 12.5. The molecular weight excluding hydrogens is 558 g/mol. The summed E-state index contributed by atoms with van der Waals surface area (Å²) < 4.78 is 7.87. The van der Waals surface area contributed by atoms with Crippen molar-refractivity contribution in [2.45, 2.75) is 46.5 Å². The summed E-state index contributed by atoms with van der Waals surface area (Å²) in [5.41, 5.74) is 7.25. The molecular formula is C39H42N3O3+. The molecule has 6 heteroatoms. The number of furan rings is 1. The van der Waals surface area contributed by atoms with Crippen molar-refractivity contribution in [1.29, 1.82) is 0 Å². The van der Waals surface area contributed by atoms with Crippen molar-refractivity contribution in [3.8, 4) is 0 Å². The van der Waals surface area contributed by atoms with Crippen molar-refractivity contribution in [3.05, 3.63) is 154 Å². The summed E-state index contributed by atoms with van der Waals surface area (Å²) >= 11 is 0. The summed E-state index contributed by atoms with van der Waals surface area (Å²) in [6, 6.07) is 16.1. The van der Waals surface area contributed by atoms with Crippen LogP contribution in [0.3, 0.4) is 0 Å². The second-order valence-corrected chi connectivity index (χ2v) is 12.5. The number of nitro groups is 1. The molecule has 1 atom stereocenters. The van der Waals surface area contributed by atoms with Gasteiger partial charge < -0.3 is 9.32 Å². The number of anilines is 1. The maximum absolute atomic E-state index is 11.4. The molecule has 0 saturated carbocycles. The fourth-order valence-electron chi connectivity index (χ4n) is 7.22. The van der Waals surface area contributed by atoms with Crippen molar-refractivity contribution in [2.24, 2.45) is 5.41 Å². The fraction of sp³-hybridized carbons (Fsp3) is 0.256. The first-order chi connectivity index (χ1) is 21.4. The quantitative estimate of drug-likeness (QED) is 0.106. The van der Waals surface area contributed by atoms with Gasteiger partial charge in [0.1, 0.15) is 17.7 Å². The molecule has 0 saturated heterocycles. The zero-order chi connectivity index (χ0) is 32.5. The van der Waals surface area contributed by atoms with E-state index in [1.807, 2.05) is 37.3 Å². The molecule has 230 valence electrons. The Morgan fingerprint density at radius 2 is 1.82 bits per heavy atom. The number of allylic oxidation sites excluding steroid dienone is 12. The first-order valence-electron chi connectivity index (χ1n) is 15.3. The number of benzene rings is 2. The summed E-state index contributed by atoms with van der Waals surface area (Å²) in [7, 11) is 4.19. The smallest absolute Gasteiger partial charge is 0.406 e. The van der Waals surface area contributed by atoms with E-state index in [1.165, 1.54) is 33.8 Å². The lowest BCUT2D eigenvalue weighted by molar-refractivity contribution is -0.435. The highest BCUT2D eigenvalue weighted by atomic mass is 16.6. The molecule has 2 aromatic carbocycles. The van der Waals surface area contributed by atoms with E-state index in [0.29, 0.717) is 12.2 Å². The number of rotatable bonds is 9. The molecule has 0 fully saturated rings. The van der Waals surface area contributed by atoms with Gasteiger partial charge in [-0.1, -0.05) is 87.2 Å². The molecule has 5 rings (SSSR count). The Hall–Kier alpha value is -4.97. The van der Waals surface area contributed by atoms with Crippen LogP contribution in [0.15, 0.2) is 137 Å². The molecule has 0 amide bonds. The topological polar surface area (TPSA) is 62.5 Å². The van der Waals surface area contributed by atoms with Crippen molar-refractivity contribution in [2.75, 3.05) is 19.0 Å². The number of hydrogen-bond acceptors (Lipinski definition) is 4. The molecule has 0 N–H and O–H groups in total. The first-order valence-corrected chi connectivity index (χ1v) is 15.3. The van der Waals surface area contributed by atoms with Crippen LogP contribution in [0.5, 0.6) is 0 Å². The average molecular weight is 601 g/mol. The first kappa shape index (κ1) is 31.5. The van der Waals surface area contributed by atoms with Gasteiger partial charge in [0.15, 0.2) is 5.71 Å². The minimum atomic E-state index is -0.551. The third kappa shape index (κ3) is 5.46. The van der Waals surface area contributed by atoms with Gasteiger partial charge in [0, 0.05) is 48.0 Å². The Labute approximate surface area is 266 Å². The van der Waals surface area contributed by atoms with Crippen molar-refractivity contribution >= 4 is 28.1 Å². The highest BCUT2D eigenvalue weighted by molar-refractivity contribution is 6.01. The van der Waals surface area contributed by atoms with Crippen LogP contribution in [0.1, 0.15) is 45.9 Å². The summed E-state index contributed by atoms with van der Waals surface area (Å²) in [5.74, 6) is 0.303. The van der Waals surface area contributed by atoms with Crippen LogP contribution >= 0.6 is 0 Å². The highest BCUT2D eigenvalue weighted by Crippen LogP contribution is 2.50. The lowest BCUT2D eigenvalue weighted by Crippen LogP contribution is -2.31. The number of hydrogen-bond donors (Lipinski definition) is 0. The van der Waals surface area contributed by atoms with Crippen LogP contribution in [0.4, 0.5) is 11.6 Å². The molecule has 0 spiro atoms. The van der Waals surface area contributed by atoms with Gasteiger partial charge in [-0.15, -0.1) is 0 Å². The van der Waals surface area contributed by atoms with E-state index in [-0.39, 0.29) is 11.3 Å². The lowest BCUT2D eigenvalue weighted by atomic mass is 9.72. The Morgan fingerprint density at radius 3 is 2.51 bits per heavy atom. The van der Waals surface area contributed by atoms with Crippen LogP contribution in [0, 0.1) is 15.5 Å². The number of fused-ring (bicyclic) bond motifs is 3. The SMILES string of the molecule is C=CC1=C(/C(C)=C/C=C\C=C\C)C(C)(Cc2ccc([N+](=O)[O-])o2)C(/C=C/C=C2/N(C)c3ccc4ccccc4c3C2(C)C)=[N+]1C. The molecule has 0 radical (unpaired) electrons. The predicted molar refractivity (Wildman–Crippen MR) is 186 cm³/mol. The normalized spacial score (nSPS) is 21.1. The molecule has 2 aliphatic heterocycles. The monoisotopic (exact) mass is 600 g/mol. The summed E-state index contributed by atoms with van der Waals surface area (Å²) in [6.45, 7) is 15.0. The number of likely N-dealkylation sites (N-methyl/N-ethyl adjacent to an activating group) is 2. The lowest BCUT2D eigenvalue weighted by Gasteiger charge is -2.25. The van der Waals surface area contributed by atoms with Crippen LogP contribution < -0.4 is 4.90 Å². The number of nitrogens with zero attached hydrogens (tertiary/aromatic N) is 3. The third-order valence-corrected chi connectivity index (χ3v) is 9.20. The predicted octanol–water partition coefficient (Wildman–Crippen LogP) is 9.37. The van der Waals surface area contributed by atoms with Crippen LogP contribution in [-0.2, 0) is 11.8 Å². The molecule has 0 bridgehead atoms. The molecule has 0 aliphatic carbocycles. The summed E-state index contributed by atoms with van der Waals surface area (Å²) in [6.07, 6.45) is 18.9. The Balaban J connectivity index is 1.59. The molecule has 3 heterocycles. The summed E-state index contributed by atoms with van der Waals surface area (Å²) in [4.78, 5) is 13.2. The highest BCUT2D eigenvalue weighted by Gasteiger charge is 2.49. The van der Waals surface area contributed by atoms with E-state index >= 15 is 0 Å². The Kier molecular flexibility index (Phi) is 8.53. The fourth-order valence-corrected chi connectivity index (χ4v) is 7.22. The molecule has 6 nitrogen and oxygen atoms in total. The molecule has 3 aromatic rings. The van der Waals surface area contributed by atoms with Crippen LogP contribution in [-0.4, -0.2) is 29.3 Å². The minimum Gasteiger partial charge on any atom is -0.406 e. The standard InChI is InChI=1S/C39H42N3O3/c1-9-11-12-13-17-27(3)36-31(10-2)40(7)34(39(36,6)26-29-23-25-35(45-29)42(43)44)21-16-20-33-38(4,5)37-30-19-15-14-18-28(30)22-24-32(37)41(33)8/h9-25H,2,26H2,1,3-8H3/q+1/b11-9+,13-12-,27-17+. The van der Waals surface area contributed by atoms with E-state index in [1.54, 1.807) is 6.07 Å². The van der Waals surface area contributed by atoms with Gasteiger partial charge in [-0.2, -0.15) is 4.58 Å². The van der Waals surface area contributed by atoms with Crippen molar-refractivity contribution < 1.29 is 13.9 Å². The van der Waals surface area contributed by atoms with Gasteiger partial charge in [-0.3, -0.25) is 10.1 Å². The van der Waals surface area contributed by atoms with E-state index in [0.717, 1.165) is 22.6 Å². The van der Waals surface area contributed by atoms with Gasteiger partial charge in [0.2, 0.25) is 5.70 Å². The molecule has 2 aliphatic rings. The Bertz CT molecular complexity index is 1910. The van der Waals surface area contributed by atoms with E-state index in [4.69, 9.17) is 4.42 Å². The van der Waals surface area contributed by atoms with Gasteiger partial charge in [-0.25, -0.2) is 0 Å². The zero-order valence-electron chi connectivity index (χ0n) is 27.3. The summed E-state index contributed by atoms with van der Waals surface area (Å²) in [5, 5.41) is 13.9. The second kappa shape index (κ2) is 12.2. The average Bonchev–Trinajstić information content (AvgIpc) is 3.62. The van der Waals surface area contributed by atoms with E-state index < -0.39 is 10.3 Å². The Morgan fingerprint density at radius 1 is 1.07 bits per heavy atom. The molecule has 45 heavy (non-hydrogen) atoms. The largest absolute Gasteiger partial charge is 0.433 e. The van der Waals surface area contributed by atoms with Crippen LogP contribution in [0.2, 0.25) is 0 Å². The van der Waals surface area contributed by atoms with Crippen LogP contribution in [0.25, 0.3) is 10.8 Å². The van der Waals surface area contributed by atoms with E-state index in [2.05, 4.69) is 119 Å². The van der Waals surface area contributed by atoms with Crippen molar-refractivity contribution in [1.82, 2.24) is 0 Å². The van der Waals surface area contributed by atoms with Gasteiger partial charge in [0.05, 0.1) is 11.5 Å². The van der Waals surface area contributed by atoms with Gasteiger partial charge in [0.25, 0.3) is 0 Å². The maximum atomic E-state index is 11.4. The van der Waals surface area contributed by atoms with E-state index in [9.17, 15) is 10.1 Å². The van der Waals surface area contributed by atoms with Gasteiger partial charge >= 0.3 is 5.88 Å². The van der Waals surface area contributed by atoms with Gasteiger partial charge in [-0.05, 0) is 60.9 Å². The van der Waals surface area contributed by atoms with Crippen molar-refractivity contribution in [3.63, 3.8) is 0 Å². The third-order valence-electron chi connectivity index (χ3n) is 9.20.